The Bertz CT molecular complexity index is 1640. The van der Waals surface area contributed by atoms with Crippen LogP contribution in [0.1, 0.15) is 12.8 Å². The van der Waals surface area contributed by atoms with E-state index in [-0.39, 0.29) is 11.5 Å². The van der Waals surface area contributed by atoms with Crippen LogP contribution in [0.25, 0.3) is 38.6 Å². The summed E-state index contributed by atoms with van der Waals surface area (Å²) in [5.41, 5.74) is 4.94. The number of carbonyl (C=O) groups excluding carboxylic acids is 1. The molecule has 0 N–H and O–H groups in total. The molecule has 0 aliphatic carbocycles. The first-order chi connectivity index (χ1) is 17.1. The molecule has 0 unspecified atom stereocenters. The van der Waals surface area contributed by atoms with Crippen molar-refractivity contribution in [3.05, 3.63) is 89.5 Å². The highest BCUT2D eigenvalue weighted by molar-refractivity contribution is 6.05. The second-order valence-corrected chi connectivity index (χ2v) is 8.56. The van der Waals surface area contributed by atoms with Gasteiger partial charge >= 0.3 is 0 Å². The molecular weight excluding hydrogens is 440 g/mol. The second kappa shape index (κ2) is 8.36. The number of pyridine rings is 3. The molecule has 1 aliphatic heterocycles. The van der Waals surface area contributed by atoms with Gasteiger partial charge in [0.15, 0.2) is 0 Å². The number of aromatic nitrogens is 3. The topological polar surface area (TPSA) is 77.3 Å². The van der Waals surface area contributed by atoms with E-state index in [4.69, 9.17) is 4.74 Å². The summed E-state index contributed by atoms with van der Waals surface area (Å²) in [5.74, 6) is 0.687. The Morgan fingerprint density at radius 2 is 1.63 bits per heavy atom. The molecule has 7 nitrogen and oxygen atoms in total. The summed E-state index contributed by atoms with van der Waals surface area (Å²) in [6.45, 7) is 0.728. The fourth-order valence-electron chi connectivity index (χ4n) is 4.72. The molecule has 6 rings (SSSR count). The molecular formula is C28H22N4O3. The molecule has 1 amide bonds. The number of carbonyl (C=O) groups is 1. The summed E-state index contributed by atoms with van der Waals surface area (Å²) in [6.07, 6.45) is 5.01. The van der Waals surface area contributed by atoms with Crippen molar-refractivity contribution in [2.24, 2.45) is 0 Å². The predicted octanol–water partition coefficient (Wildman–Crippen LogP) is 4.74. The van der Waals surface area contributed by atoms with Gasteiger partial charge in [0.05, 0.1) is 18.1 Å². The largest absolute Gasteiger partial charge is 0.481 e. The minimum atomic E-state index is -0.133. The highest BCUT2D eigenvalue weighted by atomic mass is 16.5. The van der Waals surface area contributed by atoms with Crippen LogP contribution in [0.4, 0.5) is 5.69 Å². The van der Waals surface area contributed by atoms with Gasteiger partial charge in [-0.2, -0.15) is 0 Å². The molecule has 0 atom stereocenters. The van der Waals surface area contributed by atoms with Gasteiger partial charge in [-0.1, -0.05) is 6.07 Å². The van der Waals surface area contributed by atoms with Crippen LogP contribution >= 0.6 is 0 Å². The standard InChI is InChI=1S/C28H22N4O3/c1-35-25-12-5-19(16-30-25)18-4-11-24-23(15-18)28-20(17-29-24)6-13-27(34)32(28)22-9-7-21(8-10-22)31-14-2-3-26(31)33/h4-13,15-17H,2-3,14H2,1H3. The zero-order chi connectivity index (χ0) is 23.9. The van der Waals surface area contributed by atoms with Crippen LogP contribution in [0.3, 0.4) is 0 Å². The van der Waals surface area contributed by atoms with Gasteiger partial charge < -0.3 is 9.64 Å². The zero-order valence-corrected chi connectivity index (χ0v) is 19.1. The van der Waals surface area contributed by atoms with Crippen LogP contribution in [0.15, 0.2) is 83.9 Å². The Morgan fingerprint density at radius 3 is 2.34 bits per heavy atom. The molecule has 35 heavy (non-hydrogen) atoms. The lowest BCUT2D eigenvalue weighted by Crippen LogP contribution is -2.23. The van der Waals surface area contributed by atoms with E-state index in [0.29, 0.717) is 12.3 Å². The minimum Gasteiger partial charge on any atom is -0.481 e. The van der Waals surface area contributed by atoms with Crippen molar-refractivity contribution in [2.45, 2.75) is 12.8 Å². The Balaban J connectivity index is 1.53. The molecule has 2 aromatic carbocycles. The van der Waals surface area contributed by atoms with Gasteiger partial charge in [-0.25, -0.2) is 4.98 Å². The number of nitrogens with zero attached hydrogens (tertiary/aromatic N) is 4. The third kappa shape index (κ3) is 3.61. The molecule has 7 heteroatoms. The third-order valence-electron chi connectivity index (χ3n) is 6.49. The normalized spacial score (nSPS) is 13.6. The smallest absolute Gasteiger partial charge is 0.255 e. The van der Waals surface area contributed by atoms with E-state index in [1.165, 1.54) is 0 Å². The average Bonchev–Trinajstić information content (AvgIpc) is 3.34. The first kappa shape index (κ1) is 21.0. The monoisotopic (exact) mass is 462 g/mol. The maximum absolute atomic E-state index is 13.2. The number of rotatable bonds is 4. The van der Waals surface area contributed by atoms with Crippen molar-refractivity contribution in [3.63, 3.8) is 0 Å². The summed E-state index contributed by atoms with van der Waals surface area (Å²) in [5, 5.41) is 1.73. The lowest BCUT2D eigenvalue weighted by atomic mass is 10.0. The summed E-state index contributed by atoms with van der Waals surface area (Å²) >= 11 is 0. The first-order valence-electron chi connectivity index (χ1n) is 11.5. The molecule has 0 saturated carbocycles. The highest BCUT2D eigenvalue weighted by Gasteiger charge is 2.21. The molecule has 0 bridgehead atoms. The van der Waals surface area contributed by atoms with E-state index in [2.05, 4.69) is 9.97 Å². The van der Waals surface area contributed by atoms with E-state index in [1.54, 1.807) is 41.1 Å². The van der Waals surface area contributed by atoms with Crippen molar-refractivity contribution >= 4 is 33.4 Å². The van der Waals surface area contributed by atoms with Gasteiger partial charge in [-0.3, -0.25) is 19.1 Å². The molecule has 1 fully saturated rings. The maximum atomic E-state index is 13.2. The van der Waals surface area contributed by atoms with E-state index in [1.807, 2.05) is 54.6 Å². The van der Waals surface area contributed by atoms with E-state index in [9.17, 15) is 9.59 Å². The van der Waals surface area contributed by atoms with Gasteiger partial charge in [0.25, 0.3) is 5.56 Å². The zero-order valence-electron chi connectivity index (χ0n) is 19.1. The van der Waals surface area contributed by atoms with Crippen molar-refractivity contribution in [2.75, 3.05) is 18.6 Å². The molecule has 1 aliphatic rings. The van der Waals surface area contributed by atoms with Gasteiger partial charge in [0, 0.05) is 65.2 Å². The number of amides is 1. The lowest BCUT2D eigenvalue weighted by Gasteiger charge is -2.17. The number of methoxy groups -OCH3 is 1. The molecule has 1 saturated heterocycles. The third-order valence-corrected chi connectivity index (χ3v) is 6.49. The molecule has 3 aromatic heterocycles. The van der Waals surface area contributed by atoms with Gasteiger partial charge in [0.1, 0.15) is 0 Å². The lowest BCUT2D eigenvalue weighted by molar-refractivity contribution is -0.117. The van der Waals surface area contributed by atoms with Crippen molar-refractivity contribution in [3.8, 4) is 22.7 Å². The van der Waals surface area contributed by atoms with E-state index >= 15 is 0 Å². The summed E-state index contributed by atoms with van der Waals surface area (Å²) in [6, 6.07) is 20.7. The Morgan fingerprint density at radius 1 is 0.829 bits per heavy atom. The maximum Gasteiger partial charge on any atom is 0.255 e. The number of ether oxygens (including phenoxy) is 1. The number of benzene rings is 2. The van der Waals surface area contributed by atoms with E-state index < -0.39 is 0 Å². The minimum absolute atomic E-state index is 0.133. The first-order valence-corrected chi connectivity index (χ1v) is 11.5. The van der Waals surface area contributed by atoms with Crippen molar-refractivity contribution < 1.29 is 9.53 Å². The van der Waals surface area contributed by atoms with Gasteiger partial charge in [-0.15, -0.1) is 0 Å². The summed E-state index contributed by atoms with van der Waals surface area (Å²) in [7, 11) is 1.59. The Labute approximate surface area is 201 Å². The number of fused-ring (bicyclic) bond motifs is 3. The highest BCUT2D eigenvalue weighted by Crippen LogP contribution is 2.30. The van der Waals surface area contributed by atoms with Crippen LogP contribution in [0, 0.1) is 0 Å². The SMILES string of the molecule is COc1ccc(-c2ccc3ncc4ccc(=O)n(-c5ccc(N6CCCC6=O)cc5)c4c3c2)cn1. The molecule has 0 radical (unpaired) electrons. The van der Waals surface area contributed by atoms with Crippen LogP contribution in [0.2, 0.25) is 0 Å². The van der Waals surface area contributed by atoms with Crippen LogP contribution in [-0.2, 0) is 4.79 Å². The molecule has 4 heterocycles. The molecule has 0 spiro atoms. The quantitative estimate of drug-likeness (QED) is 0.361. The Hall–Kier alpha value is -4.52. The van der Waals surface area contributed by atoms with Crippen LogP contribution in [0.5, 0.6) is 5.88 Å². The van der Waals surface area contributed by atoms with Gasteiger partial charge in [-0.05, 0) is 60.5 Å². The number of anilines is 1. The molecule has 5 aromatic rings. The number of hydrogen-bond donors (Lipinski definition) is 0. The number of hydrogen-bond acceptors (Lipinski definition) is 5. The summed E-state index contributed by atoms with van der Waals surface area (Å²) in [4.78, 5) is 36.0. The van der Waals surface area contributed by atoms with E-state index in [0.717, 1.165) is 57.3 Å². The van der Waals surface area contributed by atoms with Crippen molar-refractivity contribution in [1.82, 2.24) is 14.5 Å². The average molecular weight is 463 g/mol. The Kier molecular flexibility index (Phi) is 5.03. The predicted molar refractivity (Wildman–Crippen MR) is 136 cm³/mol. The fourth-order valence-corrected chi connectivity index (χ4v) is 4.72. The molecule has 172 valence electrons. The van der Waals surface area contributed by atoms with Crippen LogP contribution in [-0.4, -0.2) is 34.1 Å². The van der Waals surface area contributed by atoms with Crippen LogP contribution < -0.4 is 15.2 Å². The fraction of sp³-hybridized carbons (Fsp3) is 0.143. The second-order valence-electron chi connectivity index (χ2n) is 8.56. The van der Waals surface area contributed by atoms with Crippen molar-refractivity contribution in [1.29, 1.82) is 0 Å². The summed E-state index contributed by atoms with van der Waals surface area (Å²) < 4.78 is 6.89. The van der Waals surface area contributed by atoms with Gasteiger partial charge in [0.2, 0.25) is 11.8 Å².